The lowest BCUT2D eigenvalue weighted by molar-refractivity contribution is -0.232. The Kier molecular flexibility index (Phi) is 9.48. The van der Waals surface area contributed by atoms with Crippen LogP contribution in [-0.4, -0.2) is 64.3 Å². The molecule has 5 aliphatic carbocycles. The second-order valence-corrected chi connectivity index (χ2v) is 19.8. The van der Waals surface area contributed by atoms with Crippen molar-refractivity contribution in [1.82, 2.24) is 10.2 Å². The van der Waals surface area contributed by atoms with Gasteiger partial charge in [-0.05, 0) is 123 Å². The number of carboxylic acids is 1. The van der Waals surface area contributed by atoms with Crippen LogP contribution in [0.1, 0.15) is 146 Å². The van der Waals surface area contributed by atoms with Crippen LogP contribution in [0.25, 0.3) is 0 Å². The summed E-state index contributed by atoms with van der Waals surface area (Å²) in [5.74, 6) is -0.0796. The highest BCUT2D eigenvalue weighted by molar-refractivity contribution is 6.02. The van der Waals surface area contributed by atoms with Crippen LogP contribution in [0.4, 0.5) is 0 Å². The number of esters is 1. The lowest BCUT2D eigenvalue weighted by Crippen LogP contribution is -2.67. The normalized spacial score (nSPS) is 38.9. The molecular weight excluding hydrogens is 644 g/mol. The largest absolute Gasteiger partial charge is 0.481 e. The van der Waals surface area contributed by atoms with Gasteiger partial charge in [0.15, 0.2) is 5.78 Å². The van der Waals surface area contributed by atoms with E-state index in [0.29, 0.717) is 37.8 Å². The smallest absolute Gasteiger partial charge is 0.309 e. The molecule has 1 saturated heterocycles. The molecule has 6 rings (SSSR count). The molecule has 284 valence electrons. The number of carboxylic acid groups (broad SMARTS) is 1. The van der Waals surface area contributed by atoms with Gasteiger partial charge in [0.1, 0.15) is 6.10 Å². The molecule has 1 aliphatic heterocycles. The Morgan fingerprint density at radius 2 is 1.65 bits per heavy atom. The Bertz CT molecular complexity index is 1530. The molecule has 0 aromatic carbocycles. The summed E-state index contributed by atoms with van der Waals surface area (Å²) in [7, 11) is 0. The van der Waals surface area contributed by atoms with Gasteiger partial charge in [-0.25, -0.2) is 0 Å². The molecule has 0 aromatic rings. The van der Waals surface area contributed by atoms with Crippen molar-refractivity contribution >= 4 is 29.5 Å². The standard InChI is InChI=1S/C42H64N2O7/c1-25(2)34-27(45)23-42(43-31(46)16-22-44-21-10-11-32(44)47)20-19-40(8)26(35(34)42)12-13-29-39(7)17-15-30(51-33(48)24-37(3,4)36(49)50)38(5,6)28(39)14-18-41(29,40)9/h25-26,28-30H,10-24H2,1-9H3,(H,43,46)(H,49,50)/t26-,28+,29-,30+,39+,40-,41-,42-/m1/s1. The van der Waals surface area contributed by atoms with Crippen molar-refractivity contribution < 1.29 is 33.8 Å². The van der Waals surface area contributed by atoms with E-state index in [-0.39, 0.29) is 70.0 Å². The summed E-state index contributed by atoms with van der Waals surface area (Å²) in [6.45, 7) is 20.6. The van der Waals surface area contributed by atoms with E-state index in [2.05, 4.69) is 53.8 Å². The van der Waals surface area contributed by atoms with Crippen LogP contribution in [0.5, 0.6) is 0 Å². The number of rotatable bonds is 9. The van der Waals surface area contributed by atoms with Crippen LogP contribution < -0.4 is 5.32 Å². The SMILES string of the molecule is CC(C)C1=C2[C@H]3CC[C@@H]4[C@@]5(C)CC[C@H](OC(=O)CC(C)(C)C(=O)O)C(C)(C)[C@@H]5CC[C@@]4(C)[C@]3(C)CC[C@@]2(NC(=O)CCN2CCCC2=O)CC1=O. The number of carbonyl (C=O) groups is 5. The first-order chi connectivity index (χ1) is 23.6. The highest BCUT2D eigenvalue weighted by atomic mass is 16.5. The molecule has 1 heterocycles. The van der Waals surface area contributed by atoms with Crippen molar-refractivity contribution in [1.29, 1.82) is 0 Å². The number of amides is 2. The van der Waals surface area contributed by atoms with Gasteiger partial charge in [0, 0.05) is 37.8 Å². The molecule has 9 heteroatoms. The first kappa shape index (κ1) is 38.0. The van der Waals surface area contributed by atoms with Crippen LogP contribution in [-0.2, 0) is 28.7 Å². The number of allylic oxidation sites excluding steroid dienone is 1. The highest BCUT2D eigenvalue weighted by Crippen LogP contribution is 2.76. The number of hydrogen-bond donors (Lipinski definition) is 2. The fourth-order valence-corrected chi connectivity index (χ4v) is 13.1. The zero-order valence-electron chi connectivity index (χ0n) is 32.8. The Hall–Kier alpha value is -2.71. The van der Waals surface area contributed by atoms with Crippen molar-refractivity contribution in [2.75, 3.05) is 13.1 Å². The Balaban J connectivity index is 1.25. The molecular formula is C42H64N2O7. The third-order valence-corrected chi connectivity index (χ3v) is 16.0. The number of ether oxygens (including phenoxy) is 1. The number of likely N-dealkylation sites (tertiary alicyclic amines) is 1. The number of hydrogen-bond acceptors (Lipinski definition) is 6. The van der Waals surface area contributed by atoms with Crippen LogP contribution in [0, 0.1) is 50.7 Å². The summed E-state index contributed by atoms with van der Waals surface area (Å²) in [5.41, 5.74) is 0.113. The molecule has 0 bridgehead atoms. The third-order valence-electron chi connectivity index (χ3n) is 16.0. The number of Topliss-reactive ketones (excluding diaryl/α,β-unsaturated/α-hetero) is 1. The molecule has 4 saturated carbocycles. The van der Waals surface area contributed by atoms with Gasteiger partial charge in [-0.1, -0.05) is 48.5 Å². The molecule has 6 aliphatic rings. The number of nitrogens with zero attached hydrogens (tertiary/aromatic N) is 1. The fourth-order valence-electron chi connectivity index (χ4n) is 13.1. The molecule has 0 spiro atoms. The Labute approximate surface area is 305 Å². The molecule has 0 unspecified atom stereocenters. The maximum absolute atomic E-state index is 13.9. The van der Waals surface area contributed by atoms with Gasteiger partial charge < -0.3 is 20.1 Å². The molecule has 2 N–H and O–H groups in total. The van der Waals surface area contributed by atoms with Gasteiger partial charge in [-0.2, -0.15) is 0 Å². The van der Waals surface area contributed by atoms with E-state index in [9.17, 15) is 29.1 Å². The van der Waals surface area contributed by atoms with Gasteiger partial charge in [-0.3, -0.25) is 24.0 Å². The number of ketones is 1. The Morgan fingerprint density at radius 3 is 2.27 bits per heavy atom. The Morgan fingerprint density at radius 1 is 0.941 bits per heavy atom. The number of nitrogens with one attached hydrogen (secondary N) is 1. The maximum atomic E-state index is 13.9. The number of aliphatic carboxylic acids is 1. The van der Waals surface area contributed by atoms with Crippen molar-refractivity contribution in [2.24, 2.45) is 50.7 Å². The van der Waals surface area contributed by atoms with Gasteiger partial charge in [-0.15, -0.1) is 0 Å². The molecule has 2 amide bonds. The van der Waals surface area contributed by atoms with Crippen LogP contribution >= 0.6 is 0 Å². The minimum atomic E-state index is -1.17. The highest BCUT2D eigenvalue weighted by Gasteiger charge is 2.70. The predicted molar refractivity (Wildman–Crippen MR) is 194 cm³/mol. The molecule has 9 nitrogen and oxygen atoms in total. The van der Waals surface area contributed by atoms with Gasteiger partial charge in [0.2, 0.25) is 11.8 Å². The van der Waals surface area contributed by atoms with E-state index in [1.54, 1.807) is 18.7 Å². The topological polar surface area (TPSA) is 130 Å². The maximum Gasteiger partial charge on any atom is 0.309 e. The van der Waals surface area contributed by atoms with Crippen LogP contribution in [0.2, 0.25) is 0 Å². The van der Waals surface area contributed by atoms with E-state index in [0.717, 1.165) is 63.4 Å². The lowest BCUT2D eigenvalue weighted by Gasteiger charge is -2.72. The summed E-state index contributed by atoms with van der Waals surface area (Å²) in [4.78, 5) is 66.4. The first-order valence-corrected chi connectivity index (χ1v) is 19.9. The summed E-state index contributed by atoms with van der Waals surface area (Å²) in [6, 6.07) is 0. The van der Waals surface area contributed by atoms with Crippen molar-refractivity contribution in [3.05, 3.63) is 11.1 Å². The lowest BCUT2D eigenvalue weighted by atomic mass is 9.33. The van der Waals surface area contributed by atoms with Crippen molar-refractivity contribution in [3.8, 4) is 0 Å². The minimum absolute atomic E-state index is 0.0271. The van der Waals surface area contributed by atoms with E-state index in [1.165, 1.54) is 5.57 Å². The van der Waals surface area contributed by atoms with Gasteiger partial charge in [0.05, 0.1) is 17.4 Å². The van der Waals surface area contributed by atoms with E-state index in [1.807, 2.05) is 0 Å². The molecule has 5 fully saturated rings. The second kappa shape index (κ2) is 12.7. The monoisotopic (exact) mass is 708 g/mol. The third kappa shape index (κ3) is 5.89. The van der Waals surface area contributed by atoms with E-state index in [4.69, 9.17) is 4.74 Å². The van der Waals surface area contributed by atoms with E-state index < -0.39 is 22.9 Å². The zero-order chi connectivity index (χ0) is 37.5. The van der Waals surface area contributed by atoms with E-state index >= 15 is 0 Å². The quantitative estimate of drug-likeness (QED) is 0.241. The van der Waals surface area contributed by atoms with Gasteiger partial charge in [0.25, 0.3) is 0 Å². The zero-order valence-corrected chi connectivity index (χ0v) is 32.8. The summed E-state index contributed by atoms with van der Waals surface area (Å²) in [6.07, 6.45) is 9.16. The average molecular weight is 709 g/mol. The second-order valence-electron chi connectivity index (χ2n) is 19.8. The fraction of sp³-hybridized carbons (Fsp3) is 0.833. The van der Waals surface area contributed by atoms with Crippen LogP contribution in [0.15, 0.2) is 11.1 Å². The first-order valence-electron chi connectivity index (χ1n) is 19.9. The average Bonchev–Trinajstić information content (AvgIpc) is 3.56. The van der Waals surface area contributed by atoms with Gasteiger partial charge >= 0.3 is 11.9 Å². The summed E-state index contributed by atoms with van der Waals surface area (Å²) < 4.78 is 6.15. The summed E-state index contributed by atoms with van der Waals surface area (Å²) >= 11 is 0. The van der Waals surface area contributed by atoms with Crippen LogP contribution in [0.3, 0.4) is 0 Å². The molecule has 0 radical (unpaired) electrons. The minimum Gasteiger partial charge on any atom is -0.481 e. The molecule has 8 atom stereocenters. The van der Waals surface area contributed by atoms with Crippen molar-refractivity contribution in [3.63, 3.8) is 0 Å². The summed E-state index contributed by atoms with van der Waals surface area (Å²) in [5, 5.41) is 13.0. The predicted octanol–water partition coefficient (Wildman–Crippen LogP) is 7.26. The van der Waals surface area contributed by atoms with Crippen molar-refractivity contribution in [2.45, 2.75) is 157 Å². The number of carbonyl (C=O) groups excluding carboxylic acids is 4. The number of fused-ring (bicyclic) bond motifs is 7. The molecule has 51 heavy (non-hydrogen) atoms. The molecule has 0 aromatic heterocycles.